The lowest BCUT2D eigenvalue weighted by molar-refractivity contribution is -0.136. The topological polar surface area (TPSA) is 63.3 Å². The normalized spacial score (nSPS) is 13.4. The van der Waals surface area contributed by atoms with Crippen molar-refractivity contribution in [3.05, 3.63) is 35.9 Å². The average Bonchev–Trinajstić information content (AvgIpc) is 2.32. The highest BCUT2D eigenvalue weighted by Crippen LogP contribution is 2.39. The van der Waals surface area contributed by atoms with Crippen molar-refractivity contribution in [3.63, 3.8) is 0 Å². The largest absolute Gasteiger partial charge is 0.387 e. The number of benzene rings is 1. The molecule has 0 fully saturated rings. The second-order valence-corrected chi connectivity index (χ2v) is 4.04. The maximum absolute atomic E-state index is 11.6. The number of hydrogen-bond acceptors (Lipinski definition) is 2. The van der Waals surface area contributed by atoms with E-state index >= 15 is 0 Å². The Morgan fingerprint density at radius 1 is 1.31 bits per heavy atom. The molecular formula is C13H19NO2. The quantitative estimate of drug-likeness (QED) is 0.799. The highest BCUT2D eigenvalue weighted by Gasteiger charge is 2.41. The number of amides is 1. The van der Waals surface area contributed by atoms with E-state index in [2.05, 4.69) is 0 Å². The van der Waals surface area contributed by atoms with Gasteiger partial charge in [-0.05, 0) is 18.4 Å². The summed E-state index contributed by atoms with van der Waals surface area (Å²) in [5, 5.41) is 10.3. The summed E-state index contributed by atoms with van der Waals surface area (Å²) in [4.78, 5) is 11.6. The zero-order valence-electron chi connectivity index (χ0n) is 9.81. The van der Waals surface area contributed by atoms with Gasteiger partial charge in [0.25, 0.3) is 0 Å². The van der Waals surface area contributed by atoms with Crippen LogP contribution < -0.4 is 5.73 Å². The molecule has 16 heavy (non-hydrogen) atoms. The Balaban J connectivity index is 3.10. The number of carbonyl (C=O) groups is 1. The van der Waals surface area contributed by atoms with E-state index in [1.54, 1.807) is 0 Å². The van der Waals surface area contributed by atoms with Crippen LogP contribution in [0.3, 0.4) is 0 Å². The van der Waals surface area contributed by atoms with E-state index in [1.165, 1.54) is 0 Å². The first-order valence-corrected chi connectivity index (χ1v) is 5.61. The van der Waals surface area contributed by atoms with E-state index in [4.69, 9.17) is 5.73 Å². The van der Waals surface area contributed by atoms with E-state index in [-0.39, 0.29) is 0 Å². The van der Waals surface area contributed by atoms with Gasteiger partial charge in [-0.25, -0.2) is 0 Å². The number of primary amides is 1. The summed E-state index contributed by atoms with van der Waals surface area (Å²) in [6.45, 7) is 3.75. The van der Waals surface area contributed by atoms with Crippen LogP contribution in [0.15, 0.2) is 30.3 Å². The molecule has 1 atom stereocenters. The first-order valence-electron chi connectivity index (χ1n) is 5.61. The number of hydrogen-bond donors (Lipinski definition) is 2. The predicted molar refractivity (Wildman–Crippen MR) is 63.6 cm³/mol. The summed E-state index contributed by atoms with van der Waals surface area (Å²) in [6.07, 6.45) is 0.241. The summed E-state index contributed by atoms with van der Waals surface area (Å²) >= 11 is 0. The third kappa shape index (κ3) is 2.09. The molecule has 0 saturated heterocycles. The first kappa shape index (κ1) is 12.7. The van der Waals surface area contributed by atoms with Gasteiger partial charge in [0.1, 0.15) is 0 Å². The molecule has 1 unspecified atom stereocenters. The van der Waals surface area contributed by atoms with Crippen LogP contribution in [-0.2, 0) is 4.79 Å². The molecule has 0 aliphatic carbocycles. The van der Waals surface area contributed by atoms with Crippen molar-refractivity contribution in [3.8, 4) is 0 Å². The molecule has 0 aliphatic heterocycles. The Morgan fingerprint density at radius 2 is 1.81 bits per heavy atom. The molecule has 0 bridgehead atoms. The fraction of sp³-hybridized carbons (Fsp3) is 0.462. The van der Waals surface area contributed by atoms with Crippen molar-refractivity contribution >= 4 is 5.91 Å². The number of nitrogens with two attached hydrogens (primary N) is 1. The predicted octanol–water partition coefficient (Wildman–Crippen LogP) is 2.01. The molecule has 0 aromatic heterocycles. The minimum atomic E-state index is -0.860. The maximum atomic E-state index is 11.6. The van der Waals surface area contributed by atoms with Crippen molar-refractivity contribution in [2.24, 2.45) is 11.1 Å². The molecule has 0 aliphatic rings. The lowest BCUT2D eigenvalue weighted by atomic mass is 9.74. The van der Waals surface area contributed by atoms with Crippen molar-refractivity contribution < 1.29 is 9.90 Å². The molecule has 1 rings (SSSR count). The lowest BCUT2D eigenvalue weighted by Crippen LogP contribution is -2.41. The second kappa shape index (κ2) is 5.12. The third-order valence-electron chi connectivity index (χ3n) is 3.39. The molecule has 1 aromatic carbocycles. The Labute approximate surface area is 96.3 Å². The van der Waals surface area contributed by atoms with Gasteiger partial charge < -0.3 is 10.8 Å². The SMILES string of the molecule is CCC(CC)(C(N)=O)C(O)c1ccccc1. The Hall–Kier alpha value is -1.35. The molecule has 1 amide bonds. The van der Waals surface area contributed by atoms with Gasteiger partial charge in [-0.2, -0.15) is 0 Å². The molecule has 0 radical (unpaired) electrons. The van der Waals surface area contributed by atoms with Crippen molar-refractivity contribution in [2.75, 3.05) is 0 Å². The van der Waals surface area contributed by atoms with Gasteiger partial charge in [-0.3, -0.25) is 4.79 Å². The van der Waals surface area contributed by atoms with Crippen LogP contribution in [0.25, 0.3) is 0 Å². The van der Waals surface area contributed by atoms with Gasteiger partial charge in [0, 0.05) is 0 Å². The highest BCUT2D eigenvalue weighted by atomic mass is 16.3. The standard InChI is InChI=1S/C13H19NO2/c1-3-13(4-2,12(14)16)11(15)10-8-6-5-7-9-10/h5-9,11,15H,3-4H2,1-2H3,(H2,14,16). The summed E-state index contributed by atoms with van der Waals surface area (Å²) in [7, 11) is 0. The van der Waals surface area contributed by atoms with E-state index in [1.807, 2.05) is 44.2 Å². The van der Waals surface area contributed by atoms with Crippen LogP contribution >= 0.6 is 0 Å². The summed E-state index contributed by atoms with van der Waals surface area (Å²) in [5.74, 6) is -0.436. The Kier molecular flexibility index (Phi) is 4.07. The van der Waals surface area contributed by atoms with Gasteiger partial charge in [-0.15, -0.1) is 0 Å². The van der Waals surface area contributed by atoms with Gasteiger partial charge >= 0.3 is 0 Å². The van der Waals surface area contributed by atoms with Crippen LogP contribution in [0.5, 0.6) is 0 Å². The zero-order chi connectivity index (χ0) is 12.2. The molecule has 3 nitrogen and oxygen atoms in total. The highest BCUT2D eigenvalue weighted by molar-refractivity contribution is 5.81. The monoisotopic (exact) mass is 221 g/mol. The molecule has 3 heteroatoms. The Bertz CT molecular complexity index is 344. The van der Waals surface area contributed by atoms with E-state index in [9.17, 15) is 9.90 Å². The molecule has 0 saturated carbocycles. The summed E-state index contributed by atoms with van der Waals surface area (Å²) in [5.41, 5.74) is 5.31. The molecule has 88 valence electrons. The van der Waals surface area contributed by atoms with Crippen LogP contribution in [-0.4, -0.2) is 11.0 Å². The van der Waals surface area contributed by atoms with Crippen LogP contribution in [0, 0.1) is 5.41 Å². The van der Waals surface area contributed by atoms with Crippen LogP contribution in [0.1, 0.15) is 38.4 Å². The first-order chi connectivity index (χ1) is 7.58. The number of carbonyl (C=O) groups excluding carboxylic acids is 1. The van der Waals surface area contributed by atoms with Crippen molar-refractivity contribution in [2.45, 2.75) is 32.8 Å². The van der Waals surface area contributed by atoms with Gasteiger partial charge in [0.2, 0.25) is 5.91 Å². The smallest absolute Gasteiger partial charge is 0.226 e. The van der Waals surface area contributed by atoms with Gasteiger partial charge in [0.15, 0.2) is 0 Å². The molecule has 0 spiro atoms. The molecule has 1 aromatic rings. The molecule has 0 heterocycles. The minimum Gasteiger partial charge on any atom is -0.387 e. The van der Waals surface area contributed by atoms with Crippen LogP contribution in [0.2, 0.25) is 0 Å². The van der Waals surface area contributed by atoms with E-state index < -0.39 is 17.4 Å². The number of aliphatic hydroxyl groups is 1. The van der Waals surface area contributed by atoms with Crippen molar-refractivity contribution in [1.29, 1.82) is 0 Å². The maximum Gasteiger partial charge on any atom is 0.226 e. The molecular weight excluding hydrogens is 202 g/mol. The average molecular weight is 221 g/mol. The second-order valence-electron chi connectivity index (χ2n) is 4.04. The number of rotatable bonds is 5. The van der Waals surface area contributed by atoms with Gasteiger partial charge in [-0.1, -0.05) is 44.2 Å². The minimum absolute atomic E-state index is 0.436. The fourth-order valence-corrected chi connectivity index (χ4v) is 2.07. The Morgan fingerprint density at radius 3 is 2.19 bits per heavy atom. The zero-order valence-corrected chi connectivity index (χ0v) is 9.81. The summed E-state index contributed by atoms with van der Waals surface area (Å²) in [6, 6.07) is 9.19. The van der Waals surface area contributed by atoms with E-state index in [0.29, 0.717) is 12.8 Å². The summed E-state index contributed by atoms with van der Waals surface area (Å²) < 4.78 is 0. The van der Waals surface area contributed by atoms with E-state index in [0.717, 1.165) is 5.56 Å². The van der Waals surface area contributed by atoms with Crippen LogP contribution in [0.4, 0.5) is 0 Å². The lowest BCUT2D eigenvalue weighted by Gasteiger charge is -2.33. The third-order valence-corrected chi connectivity index (χ3v) is 3.39. The molecule has 3 N–H and O–H groups in total. The fourth-order valence-electron chi connectivity index (χ4n) is 2.07. The van der Waals surface area contributed by atoms with Gasteiger partial charge in [0.05, 0.1) is 11.5 Å². The van der Waals surface area contributed by atoms with Crippen molar-refractivity contribution in [1.82, 2.24) is 0 Å². The number of aliphatic hydroxyl groups excluding tert-OH is 1.